The molecule has 138 valence electrons. The van der Waals surface area contributed by atoms with Crippen LogP contribution in [-0.2, 0) is 13.1 Å². The van der Waals surface area contributed by atoms with E-state index < -0.39 is 0 Å². The van der Waals surface area contributed by atoms with E-state index in [0.29, 0.717) is 25.9 Å². The minimum atomic E-state index is -0.380. The summed E-state index contributed by atoms with van der Waals surface area (Å²) in [6, 6.07) is 2.85. The molecule has 2 aromatic heterocycles. The highest BCUT2D eigenvalue weighted by Gasteiger charge is 2.19. The lowest BCUT2D eigenvalue weighted by molar-refractivity contribution is 0.653. The van der Waals surface area contributed by atoms with E-state index in [1.807, 2.05) is 12.5 Å². The lowest BCUT2D eigenvalue weighted by atomic mass is 10.1. The summed E-state index contributed by atoms with van der Waals surface area (Å²) in [5, 5.41) is 0.907. The van der Waals surface area contributed by atoms with Gasteiger partial charge in [-0.05, 0) is 49.0 Å². The fourth-order valence-corrected chi connectivity index (χ4v) is 4.05. The number of rotatable bonds is 8. The Morgan fingerprint density at radius 2 is 0.962 bits per heavy atom. The van der Waals surface area contributed by atoms with Gasteiger partial charge >= 0.3 is 0 Å². The molecule has 0 saturated carbocycles. The van der Waals surface area contributed by atoms with Gasteiger partial charge in [0.25, 0.3) is 22.2 Å². The zero-order chi connectivity index (χ0) is 18.8. The van der Waals surface area contributed by atoms with Crippen LogP contribution in [0.1, 0.15) is 12.8 Å². The first-order valence-electron chi connectivity index (χ1n) is 8.39. The Morgan fingerprint density at radius 3 is 1.23 bits per heavy atom. The van der Waals surface area contributed by atoms with Crippen molar-refractivity contribution in [3.63, 3.8) is 0 Å². The predicted octanol–water partition coefficient (Wildman–Crippen LogP) is 1.42. The molecule has 0 N–H and O–H groups in total. The zero-order valence-electron chi connectivity index (χ0n) is 14.7. The molecule has 0 aliphatic heterocycles. The molecule has 3 rings (SSSR count). The molecule has 3 aromatic rings. The Labute approximate surface area is 157 Å². The van der Waals surface area contributed by atoms with Crippen LogP contribution in [0.15, 0.2) is 31.3 Å². The first-order chi connectivity index (χ1) is 12.5. The van der Waals surface area contributed by atoms with Crippen LogP contribution >= 0.6 is 23.5 Å². The van der Waals surface area contributed by atoms with Gasteiger partial charge in [0.05, 0.1) is 21.5 Å². The van der Waals surface area contributed by atoms with Crippen LogP contribution < -0.4 is 22.2 Å². The van der Waals surface area contributed by atoms with Crippen LogP contribution in [0.3, 0.4) is 0 Å². The lowest BCUT2D eigenvalue weighted by Crippen LogP contribution is -2.26. The van der Waals surface area contributed by atoms with Gasteiger partial charge in [-0.1, -0.05) is 0 Å². The minimum absolute atomic E-state index is 0.227. The molecule has 0 spiro atoms. The highest BCUT2D eigenvalue weighted by Crippen LogP contribution is 2.15. The molecule has 8 heteroatoms. The molecule has 0 saturated heterocycles. The smallest absolute Gasteiger partial charge is 0.261 e. The first kappa shape index (κ1) is 19.0. The number of aromatic nitrogens is 2. The molecule has 6 nitrogen and oxygen atoms in total. The number of hydrogen-bond acceptors (Lipinski definition) is 6. The topological polar surface area (TPSA) is 78.1 Å². The summed E-state index contributed by atoms with van der Waals surface area (Å²) in [4.78, 5) is 50.3. The highest BCUT2D eigenvalue weighted by molar-refractivity contribution is 7.98. The third kappa shape index (κ3) is 3.16. The molecule has 0 unspecified atom stereocenters. The molecule has 0 radical (unpaired) electrons. The zero-order valence-corrected chi connectivity index (χ0v) is 16.4. The first-order valence-corrected chi connectivity index (χ1v) is 11.2. The maximum absolute atomic E-state index is 12.6. The van der Waals surface area contributed by atoms with Crippen LogP contribution in [-0.4, -0.2) is 33.2 Å². The standard InChI is InChI=1S/C18H20N2O4S2/c1-25-7-3-5-19-15(21)11-9-13-14(10-12(11)16(19)22)18(24)20(17(13)23)6-4-8-26-2/h9-10H,3-8H2,1-2H3. The van der Waals surface area contributed by atoms with Crippen LogP contribution in [0.4, 0.5) is 0 Å². The Morgan fingerprint density at radius 1 is 0.654 bits per heavy atom. The maximum atomic E-state index is 12.6. The summed E-state index contributed by atoms with van der Waals surface area (Å²) in [7, 11) is 0. The molecule has 0 amide bonds. The van der Waals surface area contributed by atoms with Crippen molar-refractivity contribution in [2.45, 2.75) is 25.9 Å². The number of benzene rings is 1. The van der Waals surface area contributed by atoms with Crippen molar-refractivity contribution in [3.8, 4) is 0 Å². The third-order valence-electron chi connectivity index (χ3n) is 4.52. The van der Waals surface area contributed by atoms with Crippen LogP contribution in [0.25, 0.3) is 21.5 Å². The van der Waals surface area contributed by atoms with Gasteiger partial charge in [-0.3, -0.25) is 28.3 Å². The van der Waals surface area contributed by atoms with Crippen molar-refractivity contribution in [1.29, 1.82) is 0 Å². The molecular formula is C18H20N2O4S2. The lowest BCUT2D eigenvalue weighted by Gasteiger charge is -1.98. The van der Waals surface area contributed by atoms with E-state index in [1.54, 1.807) is 23.5 Å². The fourth-order valence-electron chi connectivity index (χ4n) is 3.21. The van der Waals surface area contributed by atoms with Crippen molar-refractivity contribution in [2.24, 2.45) is 0 Å². The summed E-state index contributed by atoms with van der Waals surface area (Å²) >= 11 is 3.30. The molecule has 1 aromatic carbocycles. The molecule has 0 aliphatic carbocycles. The summed E-state index contributed by atoms with van der Waals surface area (Å²) in [6.07, 6.45) is 5.37. The third-order valence-corrected chi connectivity index (χ3v) is 5.91. The molecule has 0 aliphatic rings. The van der Waals surface area contributed by atoms with Crippen LogP contribution in [0.2, 0.25) is 0 Å². The molecule has 0 fully saturated rings. The second-order valence-electron chi connectivity index (χ2n) is 6.16. The summed E-state index contributed by atoms with van der Waals surface area (Å²) < 4.78 is 2.42. The molecule has 26 heavy (non-hydrogen) atoms. The van der Waals surface area contributed by atoms with Gasteiger partial charge in [-0.15, -0.1) is 0 Å². The van der Waals surface area contributed by atoms with E-state index in [9.17, 15) is 19.2 Å². The van der Waals surface area contributed by atoms with Gasteiger partial charge in [0.15, 0.2) is 0 Å². The number of hydrogen-bond donors (Lipinski definition) is 0. The predicted molar refractivity (Wildman–Crippen MR) is 111 cm³/mol. The van der Waals surface area contributed by atoms with Gasteiger partial charge in [0.2, 0.25) is 0 Å². The van der Waals surface area contributed by atoms with E-state index in [1.165, 1.54) is 21.3 Å². The summed E-state index contributed by atoms with van der Waals surface area (Å²) in [5.41, 5.74) is -1.52. The second kappa shape index (κ2) is 7.84. The number of thioether (sulfide) groups is 2. The summed E-state index contributed by atoms with van der Waals surface area (Å²) in [5.74, 6) is 1.71. The SMILES string of the molecule is CSCCCn1c(=O)c2cc3c(=O)n(CCCSC)c(=O)c3cc2c1=O. The monoisotopic (exact) mass is 392 g/mol. The molecule has 0 atom stereocenters. The maximum Gasteiger partial charge on any atom is 0.261 e. The van der Waals surface area contributed by atoms with Gasteiger partial charge in [0.1, 0.15) is 0 Å². The fraction of sp³-hybridized carbons (Fsp3) is 0.444. The van der Waals surface area contributed by atoms with E-state index >= 15 is 0 Å². The van der Waals surface area contributed by atoms with Crippen molar-refractivity contribution in [3.05, 3.63) is 53.5 Å². The molecular weight excluding hydrogens is 372 g/mol. The highest BCUT2D eigenvalue weighted by atomic mass is 32.2. The average molecular weight is 393 g/mol. The largest absolute Gasteiger partial charge is 0.274 e. The average Bonchev–Trinajstić information content (AvgIpc) is 3.01. The number of nitrogens with zero attached hydrogens (tertiary/aromatic N) is 2. The van der Waals surface area contributed by atoms with E-state index in [-0.39, 0.29) is 43.8 Å². The van der Waals surface area contributed by atoms with Crippen LogP contribution in [0.5, 0.6) is 0 Å². The molecule has 0 bridgehead atoms. The van der Waals surface area contributed by atoms with Crippen molar-refractivity contribution >= 4 is 45.1 Å². The van der Waals surface area contributed by atoms with E-state index in [0.717, 1.165) is 11.5 Å². The van der Waals surface area contributed by atoms with Crippen molar-refractivity contribution in [1.82, 2.24) is 9.13 Å². The van der Waals surface area contributed by atoms with Crippen LogP contribution in [0, 0.1) is 0 Å². The van der Waals surface area contributed by atoms with E-state index in [4.69, 9.17) is 0 Å². The van der Waals surface area contributed by atoms with E-state index in [2.05, 4.69) is 0 Å². The Kier molecular flexibility index (Phi) is 5.72. The van der Waals surface area contributed by atoms with Crippen molar-refractivity contribution in [2.75, 3.05) is 24.0 Å². The van der Waals surface area contributed by atoms with Crippen molar-refractivity contribution < 1.29 is 0 Å². The van der Waals surface area contributed by atoms with Gasteiger partial charge in [-0.2, -0.15) is 23.5 Å². The Balaban J connectivity index is 2.15. The quantitative estimate of drug-likeness (QED) is 0.540. The summed E-state index contributed by atoms with van der Waals surface area (Å²) in [6.45, 7) is 0.696. The second-order valence-corrected chi connectivity index (χ2v) is 8.13. The van der Waals surface area contributed by atoms with Gasteiger partial charge in [-0.25, -0.2) is 0 Å². The normalized spacial score (nSPS) is 11.8. The van der Waals surface area contributed by atoms with Gasteiger partial charge in [0, 0.05) is 13.1 Å². The Hall–Kier alpha value is -1.80. The number of fused-ring (bicyclic) bond motifs is 2. The van der Waals surface area contributed by atoms with Gasteiger partial charge < -0.3 is 0 Å². The minimum Gasteiger partial charge on any atom is -0.274 e. The Bertz CT molecular complexity index is 986. The molecule has 2 heterocycles.